The molecule has 7 nitrogen and oxygen atoms in total. The second-order valence-electron chi connectivity index (χ2n) is 13.3. The first-order valence-electron chi connectivity index (χ1n) is 15.1. The van der Waals surface area contributed by atoms with Crippen LogP contribution in [0.3, 0.4) is 0 Å². The monoisotopic (exact) mass is 593 g/mol. The zero-order valence-electron chi connectivity index (χ0n) is 25.5. The Balaban J connectivity index is 0.00000506. The largest absolute Gasteiger partial charge is 0.481 e. The van der Waals surface area contributed by atoms with E-state index in [2.05, 4.69) is 39.9 Å². The van der Waals surface area contributed by atoms with E-state index in [1.165, 1.54) is 12.1 Å². The molecular weight excluding hydrogens is 545 g/mol. The van der Waals surface area contributed by atoms with E-state index in [1.54, 1.807) is 24.3 Å². The van der Waals surface area contributed by atoms with Gasteiger partial charge in [0.25, 0.3) is 11.8 Å². The number of nitrogens with zero attached hydrogens (tertiary/aromatic N) is 2. The van der Waals surface area contributed by atoms with E-state index < -0.39 is 17.4 Å². The van der Waals surface area contributed by atoms with E-state index in [0.717, 1.165) is 37.7 Å². The minimum atomic E-state index is -0.973. The molecule has 0 aromatic heterocycles. The van der Waals surface area contributed by atoms with E-state index in [4.69, 9.17) is 10.1 Å². The molecule has 0 radical (unpaired) electrons. The number of nitrogens with one attached hydrogen (secondary N) is 1. The highest BCUT2D eigenvalue weighted by molar-refractivity contribution is 6.46. The van der Waals surface area contributed by atoms with Gasteiger partial charge >= 0.3 is 5.97 Å². The maximum Gasteiger partial charge on any atom is 0.305 e. The van der Waals surface area contributed by atoms with Crippen LogP contribution in [-0.4, -0.2) is 45.7 Å². The number of rotatable bonds is 10. The summed E-state index contributed by atoms with van der Waals surface area (Å²) < 4.78 is 14.3. The Bertz CT molecular complexity index is 1320. The van der Waals surface area contributed by atoms with Crippen molar-refractivity contribution in [3.63, 3.8) is 0 Å². The lowest BCUT2D eigenvalue weighted by atomic mass is 9.75. The van der Waals surface area contributed by atoms with Gasteiger partial charge in [0.2, 0.25) is 0 Å². The molecule has 43 heavy (non-hydrogen) atoms. The van der Waals surface area contributed by atoms with Gasteiger partial charge in [-0.25, -0.2) is 4.39 Å². The quantitative estimate of drug-likeness (QED) is 0.300. The molecule has 234 valence electrons. The van der Waals surface area contributed by atoms with Crippen LogP contribution in [0.5, 0.6) is 0 Å². The van der Waals surface area contributed by atoms with Crippen LogP contribution in [0.2, 0.25) is 0 Å². The highest BCUT2D eigenvalue weighted by atomic mass is 19.1. The Morgan fingerprint density at radius 2 is 1.77 bits per heavy atom. The van der Waals surface area contributed by atoms with E-state index >= 15 is 0 Å². The Hall–Kier alpha value is -3.55. The number of hydrogen-bond donors (Lipinski definition) is 2. The Labute approximate surface area is 256 Å². The van der Waals surface area contributed by atoms with Gasteiger partial charge in [-0.15, -0.1) is 0 Å². The molecule has 2 aliphatic rings. The topological polar surface area (TPSA) is 99.1 Å². The summed E-state index contributed by atoms with van der Waals surface area (Å²) in [4.78, 5) is 44.9. The standard InChI is InChI=1S/C34H44FN3O4.CH4/c1-22(2)23-13-18-34(19-14-23)37-30(26-7-6-8-27(35)21-26)32(42)38(34)28(15-17-33(3,4)5)24-9-11-25(12-10-24)31(41)36-20-16-29(39)40;/h6-12,21-23,28H,13-20H2,1-5H3,(H,36,41)(H,39,40);1H4/t23?,28-,34?;/m1./s1. The first-order chi connectivity index (χ1) is 19.8. The Kier molecular flexibility index (Phi) is 10.9. The van der Waals surface area contributed by atoms with Crippen LogP contribution in [-0.2, 0) is 9.59 Å². The number of aliphatic carboxylic acids is 1. The van der Waals surface area contributed by atoms with Crippen molar-refractivity contribution in [2.75, 3.05) is 6.54 Å². The molecule has 0 saturated heterocycles. The number of carbonyl (C=O) groups excluding carboxylic acids is 2. The Morgan fingerprint density at radius 1 is 1.12 bits per heavy atom. The van der Waals surface area contributed by atoms with Crippen LogP contribution >= 0.6 is 0 Å². The highest BCUT2D eigenvalue weighted by Gasteiger charge is 2.52. The van der Waals surface area contributed by atoms with Crippen molar-refractivity contribution in [1.29, 1.82) is 0 Å². The van der Waals surface area contributed by atoms with Crippen LogP contribution in [0, 0.1) is 23.1 Å². The highest BCUT2D eigenvalue weighted by Crippen LogP contribution is 2.48. The molecule has 0 unspecified atom stereocenters. The maximum absolute atomic E-state index is 14.4. The summed E-state index contributed by atoms with van der Waals surface area (Å²) in [5.74, 6) is -0.790. The van der Waals surface area contributed by atoms with Crippen LogP contribution < -0.4 is 5.32 Å². The van der Waals surface area contributed by atoms with Gasteiger partial charge in [-0.1, -0.05) is 66.3 Å². The van der Waals surface area contributed by atoms with Gasteiger partial charge in [-0.3, -0.25) is 19.4 Å². The maximum atomic E-state index is 14.4. The molecule has 1 saturated carbocycles. The second-order valence-corrected chi connectivity index (χ2v) is 13.3. The van der Waals surface area contributed by atoms with Gasteiger partial charge in [0.15, 0.2) is 0 Å². The van der Waals surface area contributed by atoms with E-state index in [0.29, 0.717) is 35.1 Å². The molecule has 2 N–H and O–H groups in total. The molecule has 2 aromatic carbocycles. The molecule has 2 amide bonds. The average molecular weight is 594 g/mol. The summed E-state index contributed by atoms with van der Waals surface area (Å²) in [6, 6.07) is 13.1. The van der Waals surface area contributed by atoms with Crippen LogP contribution in [0.1, 0.15) is 115 Å². The van der Waals surface area contributed by atoms with E-state index in [9.17, 15) is 18.8 Å². The summed E-state index contributed by atoms with van der Waals surface area (Å²) >= 11 is 0. The predicted molar refractivity (Wildman–Crippen MR) is 168 cm³/mol. The lowest BCUT2D eigenvalue weighted by Gasteiger charge is -2.46. The molecule has 1 aliphatic carbocycles. The SMILES string of the molecule is C.CC(C)C1CCC2(CC1)N=C(c1cccc(F)c1)C(=O)N2[C@H](CCC(C)(C)C)c1ccc(C(=O)NCCC(=O)O)cc1. The van der Waals surface area contributed by atoms with Crippen molar-refractivity contribution >= 4 is 23.5 Å². The zero-order valence-corrected chi connectivity index (χ0v) is 25.5. The van der Waals surface area contributed by atoms with Gasteiger partial charge in [-0.05, 0) is 85.6 Å². The van der Waals surface area contributed by atoms with Crippen LogP contribution in [0.4, 0.5) is 4.39 Å². The summed E-state index contributed by atoms with van der Waals surface area (Å²) in [5, 5.41) is 11.5. The van der Waals surface area contributed by atoms with Crippen molar-refractivity contribution in [1.82, 2.24) is 10.2 Å². The third-order valence-electron chi connectivity index (χ3n) is 8.72. The molecule has 0 bridgehead atoms. The van der Waals surface area contributed by atoms with Gasteiger partial charge in [0, 0.05) is 17.7 Å². The van der Waals surface area contributed by atoms with E-state index in [-0.39, 0.29) is 43.7 Å². The minimum Gasteiger partial charge on any atom is -0.481 e. The zero-order chi connectivity index (χ0) is 30.7. The minimum absolute atomic E-state index is 0. The summed E-state index contributed by atoms with van der Waals surface area (Å²) in [7, 11) is 0. The second kappa shape index (κ2) is 13.8. The fraction of sp³-hybridized carbons (Fsp3) is 0.543. The molecule has 1 heterocycles. The van der Waals surface area contributed by atoms with Gasteiger partial charge in [-0.2, -0.15) is 0 Å². The van der Waals surface area contributed by atoms with Crippen LogP contribution in [0.25, 0.3) is 0 Å². The number of amides is 2. The van der Waals surface area contributed by atoms with Gasteiger partial charge < -0.3 is 15.3 Å². The molecule has 1 fully saturated rings. The Morgan fingerprint density at radius 3 is 2.33 bits per heavy atom. The number of carboxylic acids is 1. The lowest BCUT2D eigenvalue weighted by Crippen LogP contribution is -2.51. The molecule has 8 heteroatoms. The number of benzene rings is 2. The lowest BCUT2D eigenvalue weighted by molar-refractivity contribution is -0.137. The average Bonchev–Trinajstić information content (AvgIpc) is 3.20. The third kappa shape index (κ3) is 8.09. The number of carbonyl (C=O) groups is 3. The number of halogens is 1. The summed E-state index contributed by atoms with van der Waals surface area (Å²) in [6.07, 6.45) is 4.83. The molecule has 1 spiro atoms. The fourth-order valence-electron chi connectivity index (χ4n) is 6.25. The molecular formula is C35H48FN3O4. The molecule has 1 atom stereocenters. The van der Waals surface area contributed by atoms with Gasteiger partial charge in [0.1, 0.15) is 17.2 Å². The van der Waals surface area contributed by atoms with Crippen molar-refractivity contribution in [2.24, 2.45) is 22.2 Å². The normalized spacial score (nSPS) is 21.0. The third-order valence-corrected chi connectivity index (χ3v) is 8.72. The molecule has 1 aliphatic heterocycles. The summed E-state index contributed by atoms with van der Waals surface area (Å²) in [6.45, 7) is 11.1. The predicted octanol–water partition coefficient (Wildman–Crippen LogP) is 7.41. The van der Waals surface area contributed by atoms with Crippen molar-refractivity contribution in [2.45, 2.75) is 98.7 Å². The number of hydrogen-bond acceptors (Lipinski definition) is 4. The summed E-state index contributed by atoms with van der Waals surface area (Å²) in [5.41, 5.74) is 1.47. The first-order valence-corrected chi connectivity index (χ1v) is 15.1. The number of aliphatic imine (C=N–C) groups is 1. The van der Waals surface area contributed by atoms with Gasteiger partial charge in [0.05, 0.1) is 12.5 Å². The first kappa shape index (κ1) is 33.9. The van der Waals surface area contributed by atoms with E-state index in [1.807, 2.05) is 17.0 Å². The van der Waals surface area contributed by atoms with Crippen molar-refractivity contribution in [3.05, 3.63) is 71.0 Å². The molecule has 2 aromatic rings. The van der Waals surface area contributed by atoms with Crippen LogP contribution in [0.15, 0.2) is 53.5 Å². The fourth-order valence-corrected chi connectivity index (χ4v) is 6.25. The van der Waals surface area contributed by atoms with Crippen molar-refractivity contribution < 1.29 is 23.9 Å². The number of carboxylic acid groups (broad SMARTS) is 1. The van der Waals surface area contributed by atoms with Crippen molar-refractivity contribution in [3.8, 4) is 0 Å². The molecule has 4 rings (SSSR count). The smallest absolute Gasteiger partial charge is 0.305 e.